The van der Waals surface area contributed by atoms with Gasteiger partial charge < -0.3 is 0 Å². The number of pyridine rings is 1. The molecule has 0 amide bonds. The second-order valence-electron chi connectivity index (χ2n) is 5.33. The summed E-state index contributed by atoms with van der Waals surface area (Å²) in [7, 11) is -3.31. The van der Waals surface area contributed by atoms with Crippen molar-refractivity contribution in [3.8, 4) is 0 Å². The highest BCUT2D eigenvalue weighted by Crippen LogP contribution is 2.27. The van der Waals surface area contributed by atoms with Crippen LogP contribution in [0.4, 0.5) is 0 Å². The van der Waals surface area contributed by atoms with Crippen molar-refractivity contribution in [1.29, 1.82) is 0 Å². The van der Waals surface area contributed by atoms with Gasteiger partial charge in [0.25, 0.3) is 10.0 Å². The first-order chi connectivity index (χ1) is 10.2. The number of nitrogens with zero attached hydrogens (tertiary/aromatic N) is 2. The SMILES string of the molecule is O=S(=O)(c1cccs1)N1CCC[C@@H](Cc2ccccn2)C1. The molecular weight excluding hydrogens is 304 g/mol. The maximum Gasteiger partial charge on any atom is 0.252 e. The maximum absolute atomic E-state index is 12.6. The van der Waals surface area contributed by atoms with Gasteiger partial charge in [-0.05, 0) is 48.8 Å². The van der Waals surface area contributed by atoms with E-state index in [9.17, 15) is 8.42 Å². The third kappa shape index (κ3) is 3.33. The average molecular weight is 322 g/mol. The van der Waals surface area contributed by atoms with Gasteiger partial charge in [0.15, 0.2) is 0 Å². The van der Waals surface area contributed by atoms with Crippen molar-refractivity contribution >= 4 is 21.4 Å². The maximum atomic E-state index is 12.6. The minimum Gasteiger partial charge on any atom is -0.261 e. The van der Waals surface area contributed by atoms with Crippen molar-refractivity contribution in [1.82, 2.24) is 9.29 Å². The van der Waals surface area contributed by atoms with Crippen molar-refractivity contribution in [2.45, 2.75) is 23.5 Å². The zero-order valence-electron chi connectivity index (χ0n) is 11.7. The summed E-state index contributed by atoms with van der Waals surface area (Å²) in [6, 6.07) is 9.35. The molecule has 1 atom stereocenters. The van der Waals surface area contributed by atoms with Gasteiger partial charge in [0, 0.05) is 25.0 Å². The van der Waals surface area contributed by atoms with Crippen molar-refractivity contribution in [2.75, 3.05) is 13.1 Å². The lowest BCUT2D eigenvalue weighted by molar-refractivity contribution is 0.264. The van der Waals surface area contributed by atoms with E-state index >= 15 is 0 Å². The van der Waals surface area contributed by atoms with E-state index in [0.717, 1.165) is 25.0 Å². The molecule has 1 saturated heterocycles. The van der Waals surface area contributed by atoms with Gasteiger partial charge in [0.05, 0.1) is 0 Å². The van der Waals surface area contributed by atoms with Crippen LogP contribution in [-0.2, 0) is 16.4 Å². The normalized spacial score (nSPS) is 20.5. The van der Waals surface area contributed by atoms with Crippen LogP contribution in [0.3, 0.4) is 0 Å². The van der Waals surface area contributed by atoms with Crippen LogP contribution in [0, 0.1) is 5.92 Å². The molecule has 4 nitrogen and oxygen atoms in total. The molecule has 0 saturated carbocycles. The van der Waals surface area contributed by atoms with Gasteiger partial charge >= 0.3 is 0 Å². The Morgan fingerprint density at radius 1 is 1.29 bits per heavy atom. The van der Waals surface area contributed by atoms with Crippen molar-refractivity contribution in [3.63, 3.8) is 0 Å². The Bertz CT molecular complexity index is 669. The summed E-state index contributed by atoms with van der Waals surface area (Å²) in [5.74, 6) is 0.350. The molecule has 3 rings (SSSR count). The molecule has 1 aliphatic heterocycles. The van der Waals surface area contributed by atoms with Gasteiger partial charge in [-0.25, -0.2) is 8.42 Å². The number of hydrogen-bond acceptors (Lipinski definition) is 4. The minimum absolute atomic E-state index is 0.350. The molecule has 1 aliphatic rings. The first-order valence-corrected chi connectivity index (χ1v) is 9.42. The summed E-state index contributed by atoms with van der Waals surface area (Å²) in [4.78, 5) is 4.34. The molecule has 112 valence electrons. The summed E-state index contributed by atoms with van der Waals surface area (Å²) >= 11 is 1.29. The van der Waals surface area contributed by atoms with Gasteiger partial charge in [-0.1, -0.05) is 12.1 Å². The number of sulfonamides is 1. The van der Waals surface area contributed by atoms with Gasteiger partial charge in [-0.2, -0.15) is 4.31 Å². The number of piperidine rings is 1. The van der Waals surface area contributed by atoms with E-state index in [0.29, 0.717) is 23.2 Å². The smallest absolute Gasteiger partial charge is 0.252 e. The third-order valence-corrected chi connectivity index (χ3v) is 7.03. The van der Waals surface area contributed by atoms with Crippen LogP contribution < -0.4 is 0 Å². The summed E-state index contributed by atoms with van der Waals surface area (Å²) in [6.07, 6.45) is 4.62. The number of aromatic nitrogens is 1. The van der Waals surface area contributed by atoms with E-state index in [1.165, 1.54) is 11.3 Å². The molecule has 0 unspecified atom stereocenters. The highest BCUT2D eigenvalue weighted by molar-refractivity contribution is 7.91. The van der Waals surface area contributed by atoms with Crippen LogP contribution in [0.2, 0.25) is 0 Å². The highest BCUT2D eigenvalue weighted by Gasteiger charge is 2.30. The van der Waals surface area contributed by atoms with Gasteiger partial charge in [-0.15, -0.1) is 11.3 Å². The second-order valence-corrected chi connectivity index (χ2v) is 8.44. The number of rotatable bonds is 4. The van der Waals surface area contributed by atoms with E-state index in [2.05, 4.69) is 4.98 Å². The number of thiophene rings is 1. The standard InChI is InChI=1S/C15H18N2O2S2/c18-21(19,15-7-4-10-20-15)17-9-3-5-13(12-17)11-14-6-1-2-8-16-14/h1-2,4,6-8,10,13H,3,5,9,11-12H2/t13-/m0/s1. The van der Waals surface area contributed by atoms with E-state index in [-0.39, 0.29) is 0 Å². The first-order valence-electron chi connectivity index (χ1n) is 7.10. The monoisotopic (exact) mass is 322 g/mol. The minimum atomic E-state index is -3.31. The van der Waals surface area contributed by atoms with Crippen LogP contribution >= 0.6 is 11.3 Å². The first kappa shape index (κ1) is 14.7. The van der Waals surface area contributed by atoms with Crippen LogP contribution in [0.1, 0.15) is 18.5 Å². The molecule has 2 aromatic rings. The molecule has 0 aliphatic carbocycles. The summed E-state index contributed by atoms with van der Waals surface area (Å²) in [5, 5.41) is 1.81. The Morgan fingerprint density at radius 2 is 2.19 bits per heavy atom. The fourth-order valence-electron chi connectivity index (χ4n) is 2.76. The summed E-state index contributed by atoms with van der Waals surface area (Å²) in [6.45, 7) is 1.22. The zero-order chi connectivity index (χ0) is 14.7. The fraction of sp³-hybridized carbons (Fsp3) is 0.400. The lowest BCUT2D eigenvalue weighted by Gasteiger charge is -2.31. The van der Waals surface area contributed by atoms with E-state index in [1.54, 1.807) is 22.6 Å². The molecule has 21 heavy (non-hydrogen) atoms. The quantitative estimate of drug-likeness (QED) is 0.870. The van der Waals surface area contributed by atoms with E-state index < -0.39 is 10.0 Å². The summed E-state index contributed by atoms with van der Waals surface area (Å²) < 4.78 is 27.2. The molecule has 0 N–H and O–H groups in total. The molecule has 6 heteroatoms. The predicted molar refractivity (Wildman–Crippen MR) is 83.7 cm³/mol. The molecule has 0 spiro atoms. The second kappa shape index (κ2) is 6.25. The molecule has 0 radical (unpaired) electrons. The largest absolute Gasteiger partial charge is 0.261 e. The van der Waals surface area contributed by atoms with Crippen molar-refractivity contribution in [2.24, 2.45) is 5.92 Å². The van der Waals surface area contributed by atoms with Crippen LogP contribution in [0.25, 0.3) is 0 Å². The summed E-state index contributed by atoms with van der Waals surface area (Å²) in [5.41, 5.74) is 1.04. The predicted octanol–water partition coefficient (Wildman–Crippen LogP) is 2.79. The van der Waals surface area contributed by atoms with Gasteiger partial charge in [0.2, 0.25) is 0 Å². The van der Waals surface area contributed by atoms with Crippen LogP contribution in [0.5, 0.6) is 0 Å². The van der Waals surface area contributed by atoms with Crippen molar-refractivity contribution in [3.05, 3.63) is 47.6 Å². The number of hydrogen-bond donors (Lipinski definition) is 0. The van der Waals surface area contributed by atoms with Gasteiger partial charge in [0.1, 0.15) is 4.21 Å². The topological polar surface area (TPSA) is 50.3 Å². The Hall–Kier alpha value is -1.24. The Kier molecular flexibility index (Phi) is 4.37. The molecule has 2 aromatic heterocycles. The van der Waals surface area contributed by atoms with Crippen LogP contribution in [0.15, 0.2) is 46.1 Å². The van der Waals surface area contributed by atoms with Crippen LogP contribution in [-0.4, -0.2) is 30.8 Å². The average Bonchev–Trinajstić information content (AvgIpc) is 3.04. The van der Waals surface area contributed by atoms with E-state index in [4.69, 9.17) is 0 Å². The fourth-order valence-corrected chi connectivity index (χ4v) is 5.46. The Balaban J connectivity index is 1.71. The molecular formula is C15H18N2O2S2. The third-order valence-electron chi connectivity index (χ3n) is 3.79. The molecule has 0 aromatic carbocycles. The lowest BCUT2D eigenvalue weighted by Crippen LogP contribution is -2.40. The lowest BCUT2D eigenvalue weighted by atomic mass is 9.94. The Morgan fingerprint density at radius 3 is 2.90 bits per heavy atom. The van der Waals surface area contributed by atoms with Gasteiger partial charge in [-0.3, -0.25) is 4.98 Å². The molecule has 0 bridgehead atoms. The molecule has 3 heterocycles. The Labute approximate surface area is 129 Å². The van der Waals surface area contributed by atoms with E-state index in [1.807, 2.05) is 23.6 Å². The zero-order valence-corrected chi connectivity index (χ0v) is 13.3. The highest BCUT2D eigenvalue weighted by atomic mass is 32.2. The molecule has 1 fully saturated rings. The van der Waals surface area contributed by atoms with Crippen molar-refractivity contribution < 1.29 is 8.42 Å².